The van der Waals surface area contributed by atoms with Crippen LogP contribution in [0.15, 0.2) is 40.8 Å². The van der Waals surface area contributed by atoms with Crippen molar-refractivity contribution >= 4 is 27.5 Å². The fourth-order valence-electron chi connectivity index (χ4n) is 3.24. The Bertz CT molecular complexity index is 1010. The number of benzene rings is 1. The first kappa shape index (κ1) is 22.6. The molecule has 2 heterocycles. The van der Waals surface area contributed by atoms with Crippen molar-refractivity contribution in [1.82, 2.24) is 9.62 Å². The van der Waals surface area contributed by atoms with Gasteiger partial charge in [-0.1, -0.05) is 0 Å². The quantitative estimate of drug-likeness (QED) is 0.343. The lowest BCUT2D eigenvalue weighted by Gasteiger charge is -2.35. The van der Waals surface area contributed by atoms with Gasteiger partial charge in [0.15, 0.2) is 5.76 Å². The topological polar surface area (TPSA) is 135 Å². The molecule has 0 bridgehead atoms. The number of carbonyl (C=O) groups excluding carboxylic acids is 1. The van der Waals surface area contributed by atoms with E-state index in [1.165, 1.54) is 10.4 Å². The van der Waals surface area contributed by atoms with Gasteiger partial charge in [-0.3, -0.25) is 14.9 Å². The number of methoxy groups -OCH3 is 1. The molecule has 1 fully saturated rings. The van der Waals surface area contributed by atoms with Crippen LogP contribution in [-0.4, -0.2) is 69.1 Å². The zero-order chi connectivity index (χ0) is 22.4. The van der Waals surface area contributed by atoms with Gasteiger partial charge in [-0.15, -0.1) is 0 Å². The Morgan fingerprint density at radius 3 is 2.42 bits per heavy atom. The number of rotatable bonds is 9. The molecule has 0 saturated carbocycles. The molecule has 0 radical (unpaired) electrons. The Hall–Kier alpha value is -3.12. The van der Waals surface area contributed by atoms with Crippen LogP contribution in [0.2, 0.25) is 0 Å². The third kappa shape index (κ3) is 5.73. The molecule has 3 rings (SSSR count). The van der Waals surface area contributed by atoms with Crippen molar-refractivity contribution in [3.63, 3.8) is 0 Å². The van der Waals surface area contributed by atoms with E-state index < -0.39 is 26.7 Å². The van der Waals surface area contributed by atoms with Crippen LogP contribution in [0.25, 0.3) is 0 Å². The minimum Gasteiger partial charge on any atom is -0.497 e. The van der Waals surface area contributed by atoms with Crippen molar-refractivity contribution in [2.24, 2.45) is 0 Å². The molecule has 1 aromatic carbocycles. The van der Waals surface area contributed by atoms with Crippen LogP contribution in [0, 0.1) is 10.1 Å². The molecule has 11 nitrogen and oxygen atoms in total. The Labute approximate surface area is 179 Å². The highest BCUT2D eigenvalue weighted by molar-refractivity contribution is 7.89. The molecule has 1 aromatic heterocycles. The van der Waals surface area contributed by atoms with E-state index in [1.807, 2.05) is 24.3 Å². The van der Waals surface area contributed by atoms with Crippen LogP contribution < -0.4 is 15.0 Å². The normalized spacial score (nSPS) is 14.9. The molecule has 1 aliphatic rings. The van der Waals surface area contributed by atoms with Crippen molar-refractivity contribution in [2.45, 2.75) is 6.42 Å². The van der Waals surface area contributed by atoms with Gasteiger partial charge in [-0.25, -0.2) is 8.42 Å². The molecule has 1 saturated heterocycles. The predicted molar refractivity (Wildman–Crippen MR) is 113 cm³/mol. The Morgan fingerprint density at radius 2 is 1.84 bits per heavy atom. The highest BCUT2D eigenvalue weighted by atomic mass is 32.2. The molecular formula is C19H24N4O7S. The number of piperazine rings is 1. The fraction of sp³-hybridized carbons (Fsp3) is 0.421. The summed E-state index contributed by atoms with van der Waals surface area (Å²) in [4.78, 5) is 23.9. The largest absolute Gasteiger partial charge is 0.497 e. The Kier molecular flexibility index (Phi) is 7.13. The SMILES string of the molecule is COc1ccc(N2CCN(S(=O)(=O)CCCNC(=O)c3ccc([N+](=O)[O-])o3)CC2)cc1. The van der Waals surface area contributed by atoms with Crippen LogP contribution in [-0.2, 0) is 10.0 Å². The highest BCUT2D eigenvalue weighted by Gasteiger charge is 2.27. The molecule has 0 atom stereocenters. The van der Waals surface area contributed by atoms with Crippen molar-refractivity contribution in [1.29, 1.82) is 0 Å². The van der Waals surface area contributed by atoms with E-state index in [2.05, 4.69) is 10.2 Å². The average Bonchev–Trinajstić information content (AvgIpc) is 3.28. The second kappa shape index (κ2) is 9.79. The predicted octanol–water partition coefficient (Wildman–Crippen LogP) is 1.47. The standard InChI is InChI=1S/C19H24N4O7S/c1-29-16-5-3-15(4-6-16)21-10-12-22(13-11-21)31(27,28)14-2-9-20-19(24)17-7-8-18(30-17)23(25)26/h3-8H,2,9-14H2,1H3,(H,20,24). The van der Waals surface area contributed by atoms with Gasteiger partial charge in [0.2, 0.25) is 10.0 Å². The second-order valence-electron chi connectivity index (χ2n) is 6.90. The molecule has 12 heteroatoms. The minimum atomic E-state index is -3.45. The van der Waals surface area contributed by atoms with Crippen molar-refractivity contribution < 1.29 is 27.3 Å². The van der Waals surface area contributed by atoms with Gasteiger partial charge in [0.25, 0.3) is 5.91 Å². The number of hydrogen-bond acceptors (Lipinski definition) is 8. The minimum absolute atomic E-state index is 0.103. The average molecular weight is 452 g/mol. The van der Waals surface area contributed by atoms with E-state index in [1.54, 1.807) is 7.11 Å². The van der Waals surface area contributed by atoms with E-state index >= 15 is 0 Å². The van der Waals surface area contributed by atoms with Gasteiger partial charge >= 0.3 is 5.88 Å². The monoisotopic (exact) mass is 452 g/mol. The number of carbonyl (C=O) groups is 1. The zero-order valence-electron chi connectivity index (χ0n) is 17.0. The number of sulfonamides is 1. The van der Waals surface area contributed by atoms with E-state index in [9.17, 15) is 23.3 Å². The van der Waals surface area contributed by atoms with Gasteiger partial charge in [0.05, 0.1) is 18.9 Å². The maximum atomic E-state index is 12.6. The summed E-state index contributed by atoms with van der Waals surface area (Å²) in [5.41, 5.74) is 1.01. The molecule has 1 N–H and O–H groups in total. The number of ether oxygens (including phenoxy) is 1. The Morgan fingerprint density at radius 1 is 1.16 bits per heavy atom. The number of anilines is 1. The lowest BCUT2D eigenvalue weighted by molar-refractivity contribution is -0.402. The van der Waals surface area contributed by atoms with Crippen molar-refractivity contribution in [3.05, 3.63) is 52.3 Å². The molecule has 168 valence electrons. The maximum Gasteiger partial charge on any atom is 0.433 e. The van der Waals surface area contributed by atoms with Gasteiger partial charge in [0, 0.05) is 38.4 Å². The molecule has 1 amide bonds. The summed E-state index contributed by atoms with van der Waals surface area (Å²) in [5, 5.41) is 13.1. The smallest absolute Gasteiger partial charge is 0.433 e. The van der Waals surface area contributed by atoms with Crippen LogP contribution in [0.3, 0.4) is 0 Å². The first-order valence-electron chi connectivity index (χ1n) is 9.69. The third-order valence-electron chi connectivity index (χ3n) is 4.93. The van der Waals surface area contributed by atoms with E-state index in [-0.39, 0.29) is 24.5 Å². The highest BCUT2D eigenvalue weighted by Crippen LogP contribution is 2.21. The molecule has 2 aromatic rings. The third-order valence-corrected chi connectivity index (χ3v) is 6.89. The lowest BCUT2D eigenvalue weighted by atomic mass is 10.2. The molecule has 0 spiro atoms. The van der Waals surface area contributed by atoms with Crippen molar-refractivity contribution in [2.75, 3.05) is 50.5 Å². The van der Waals surface area contributed by atoms with Crippen molar-refractivity contribution in [3.8, 4) is 5.75 Å². The molecule has 31 heavy (non-hydrogen) atoms. The molecule has 1 aliphatic heterocycles. The summed E-state index contributed by atoms with van der Waals surface area (Å²) in [5.74, 6) is -0.680. The van der Waals surface area contributed by atoms with Gasteiger partial charge in [-0.05, 0) is 36.8 Å². The van der Waals surface area contributed by atoms with Gasteiger partial charge in [-0.2, -0.15) is 4.31 Å². The van der Waals surface area contributed by atoms with E-state index in [4.69, 9.17) is 9.15 Å². The number of amides is 1. The van der Waals surface area contributed by atoms with Crippen LogP contribution in [0.4, 0.5) is 11.6 Å². The first-order valence-corrected chi connectivity index (χ1v) is 11.3. The molecule has 0 unspecified atom stereocenters. The first-order chi connectivity index (χ1) is 14.8. The van der Waals surface area contributed by atoms with Crippen LogP contribution in [0.5, 0.6) is 5.75 Å². The fourth-order valence-corrected chi connectivity index (χ4v) is 4.73. The number of nitrogens with one attached hydrogen (secondary N) is 1. The number of nitrogens with zero attached hydrogens (tertiary/aromatic N) is 3. The number of hydrogen-bond donors (Lipinski definition) is 1. The van der Waals surface area contributed by atoms with E-state index in [0.717, 1.165) is 17.5 Å². The maximum absolute atomic E-state index is 12.6. The summed E-state index contributed by atoms with van der Waals surface area (Å²) in [7, 11) is -1.84. The van der Waals surface area contributed by atoms with Crippen LogP contribution in [0.1, 0.15) is 17.0 Å². The molecular weight excluding hydrogens is 428 g/mol. The number of furan rings is 1. The van der Waals surface area contributed by atoms with E-state index in [0.29, 0.717) is 26.2 Å². The summed E-state index contributed by atoms with van der Waals surface area (Å²) in [6.45, 7) is 2.05. The number of nitro groups is 1. The summed E-state index contributed by atoms with van der Waals surface area (Å²) < 4.78 is 36.6. The summed E-state index contributed by atoms with van der Waals surface area (Å²) >= 11 is 0. The Balaban J connectivity index is 1.42. The lowest BCUT2D eigenvalue weighted by Crippen LogP contribution is -2.49. The second-order valence-corrected chi connectivity index (χ2v) is 8.99. The summed E-state index contributed by atoms with van der Waals surface area (Å²) in [6, 6.07) is 9.91. The summed E-state index contributed by atoms with van der Waals surface area (Å²) in [6.07, 6.45) is 0.218. The molecule has 0 aliphatic carbocycles. The zero-order valence-corrected chi connectivity index (χ0v) is 17.8. The van der Waals surface area contributed by atoms with Crippen LogP contribution >= 0.6 is 0 Å². The van der Waals surface area contributed by atoms with Gasteiger partial charge < -0.3 is 19.4 Å². The van der Waals surface area contributed by atoms with Gasteiger partial charge in [0.1, 0.15) is 10.7 Å².